The van der Waals surface area contributed by atoms with Crippen molar-refractivity contribution in [3.05, 3.63) is 23.9 Å². The van der Waals surface area contributed by atoms with Gasteiger partial charge in [-0.15, -0.1) is 37.2 Å². The van der Waals surface area contributed by atoms with Crippen LogP contribution in [0.2, 0.25) is 0 Å². The number of anilines is 1. The number of likely N-dealkylation sites (N-methyl/N-ethyl adjacent to an activating group) is 1. The molecule has 0 aromatic carbocycles. The van der Waals surface area contributed by atoms with Gasteiger partial charge in [-0.25, -0.2) is 4.98 Å². The van der Waals surface area contributed by atoms with E-state index < -0.39 is 0 Å². The molecule has 0 radical (unpaired) electrons. The number of hydrogen-bond acceptors (Lipinski definition) is 6. The fourth-order valence-corrected chi connectivity index (χ4v) is 2.64. The summed E-state index contributed by atoms with van der Waals surface area (Å²) < 4.78 is 4.92. The van der Waals surface area contributed by atoms with Crippen molar-refractivity contribution in [2.75, 3.05) is 64.4 Å². The van der Waals surface area contributed by atoms with Crippen LogP contribution >= 0.6 is 37.2 Å². The summed E-state index contributed by atoms with van der Waals surface area (Å²) in [5, 5.41) is 5.91. The topological polar surface area (TPSA) is 69.7 Å². The molecule has 27 heavy (non-hydrogen) atoms. The average Bonchev–Trinajstić information content (AvgIpc) is 2.64. The first-order valence-electron chi connectivity index (χ1n) is 8.61. The van der Waals surface area contributed by atoms with E-state index in [1.807, 2.05) is 18.3 Å². The smallest absolute Gasteiger partial charge is 0.234 e. The van der Waals surface area contributed by atoms with Gasteiger partial charge in [-0.2, -0.15) is 0 Å². The van der Waals surface area contributed by atoms with Gasteiger partial charge in [0.05, 0.1) is 13.2 Å². The Hall–Kier alpha value is -0.830. The summed E-state index contributed by atoms with van der Waals surface area (Å²) in [4.78, 5) is 21.0. The molecule has 1 aliphatic heterocycles. The second-order valence-electron chi connectivity index (χ2n) is 5.89. The van der Waals surface area contributed by atoms with E-state index in [2.05, 4.69) is 32.3 Å². The maximum Gasteiger partial charge on any atom is 0.234 e. The minimum absolute atomic E-state index is 0. The predicted octanol–water partition coefficient (Wildman–Crippen LogP) is 1.34. The molecule has 1 aliphatic rings. The summed E-state index contributed by atoms with van der Waals surface area (Å²) in [6.07, 6.45) is 1.85. The van der Waals surface area contributed by atoms with E-state index in [-0.39, 0.29) is 43.1 Å². The Morgan fingerprint density at radius 3 is 2.44 bits per heavy atom. The van der Waals surface area contributed by atoms with E-state index in [1.165, 1.54) is 0 Å². The van der Waals surface area contributed by atoms with Crippen LogP contribution in [-0.2, 0) is 16.1 Å². The zero-order valence-electron chi connectivity index (χ0n) is 16.0. The lowest BCUT2D eigenvalue weighted by molar-refractivity contribution is -0.120. The number of nitrogens with one attached hydrogen (secondary N) is 2. The van der Waals surface area contributed by atoms with Gasteiger partial charge in [-0.3, -0.25) is 4.79 Å². The molecule has 0 aliphatic carbocycles. The predicted molar refractivity (Wildman–Crippen MR) is 117 cm³/mol. The van der Waals surface area contributed by atoms with Crippen LogP contribution in [-0.4, -0.2) is 75.3 Å². The van der Waals surface area contributed by atoms with Gasteiger partial charge in [0.15, 0.2) is 0 Å². The molecule has 0 spiro atoms. The minimum atomic E-state index is -0.0223. The van der Waals surface area contributed by atoms with Gasteiger partial charge >= 0.3 is 0 Å². The van der Waals surface area contributed by atoms with Crippen LogP contribution in [0.4, 0.5) is 5.82 Å². The summed E-state index contributed by atoms with van der Waals surface area (Å²) in [5.74, 6) is 0.993. The highest BCUT2D eigenvalue weighted by Gasteiger charge is 2.16. The van der Waals surface area contributed by atoms with E-state index in [0.717, 1.165) is 44.1 Å². The second kappa shape index (κ2) is 16.2. The SMILES string of the molecule is CCN1CCN(c2ccc(CNC(=O)CNCCOC)cn2)CC1.Cl.Cl.Cl. The van der Waals surface area contributed by atoms with Gasteiger partial charge in [0.25, 0.3) is 0 Å². The Morgan fingerprint density at radius 2 is 1.89 bits per heavy atom. The summed E-state index contributed by atoms with van der Waals surface area (Å²) in [5.41, 5.74) is 1.01. The van der Waals surface area contributed by atoms with Gasteiger partial charge in [0, 0.05) is 52.6 Å². The summed E-state index contributed by atoms with van der Waals surface area (Å²) >= 11 is 0. The standard InChI is InChI=1S/C17H29N5O2.3ClH/c1-3-21-7-9-22(10-8-21)16-5-4-15(12-19-16)13-20-17(23)14-18-6-11-24-2;;;/h4-5,12,18H,3,6-11,13-14H2,1-2H3,(H,20,23);3*1H. The minimum Gasteiger partial charge on any atom is -0.383 e. The first kappa shape index (κ1) is 28.4. The zero-order chi connectivity index (χ0) is 17.2. The monoisotopic (exact) mass is 443 g/mol. The Morgan fingerprint density at radius 1 is 1.19 bits per heavy atom. The third-order valence-electron chi connectivity index (χ3n) is 4.21. The van der Waals surface area contributed by atoms with Crippen LogP contribution in [0.3, 0.4) is 0 Å². The molecular formula is C17H32Cl3N5O2. The molecule has 0 bridgehead atoms. The number of pyridine rings is 1. The Balaban J connectivity index is 0. The zero-order valence-corrected chi connectivity index (χ0v) is 18.4. The van der Waals surface area contributed by atoms with Crippen LogP contribution in [0.15, 0.2) is 18.3 Å². The molecule has 0 saturated carbocycles. The first-order chi connectivity index (χ1) is 11.7. The van der Waals surface area contributed by atoms with Crippen molar-refractivity contribution in [3.8, 4) is 0 Å². The van der Waals surface area contributed by atoms with Gasteiger partial charge in [-0.1, -0.05) is 13.0 Å². The lowest BCUT2D eigenvalue weighted by Gasteiger charge is -2.34. The van der Waals surface area contributed by atoms with Gasteiger partial charge in [0.2, 0.25) is 5.91 Å². The highest BCUT2D eigenvalue weighted by Crippen LogP contribution is 2.13. The summed E-state index contributed by atoms with van der Waals surface area (Å²) in [7, 11) is 1.64. The molecule has 158 valence electrons. The molecule has 1 amide bonds. The van der Waals surface area contributed by atoms with Crippen LogP contribution in [0.5, 0.6) is 0 Å². The van der Waals surface area contributed by atoms with Crippen molar-refractivity contribution in [2.24, 2.45) is 0 Å². The van der Waals surface area contributed by atoms with E-state index in [9.17, 15) is 4.79 Å². The molecule has 7 nitrogen and oxygen atoms in total. The number of amides is 1. The van der Waals surface area contributed by atoms with E-state index in [1.54, 1.807) is 7.11 Å². The van der Waals surface area contributed by atoms with Gasteiger partial charge in [0.1, 0.15) is 5.82 Å². The number of hydrogen-bond donors (Lipinski definition) is 2. The van der Waals surface area contributed by atoms with Crippen LogP contribution in [0.1, 0.15) is 12.5 Å². The largest absolute Gasteiger partial charge is 0.383 e. The highest BCUT2D eigenvalue weighted by molar-refractivity contribution is 5.86. The number of aromatic nitrogens is 1. The molecule has 2 heterocycles. The molecule has 1 aromatic heterocycles. The number of carbonyl (C=O) groups is 1. The quantitative estimate of drug-likeness (QED) is 0.560. The number of methoxy groups -OCH3 is 1. The molecule has 0 unspecified atom stereocenters. The summed E-state index contributed by atoms with van der Waals surface area (Å²) in [6, 6.07) is 4.08. The van der Waals surface area contributed by atoms with Crippen LogP contribution < -0.4 is 15.5 Å². The summed E-state index contributed by atoms with van der Waals surface area (Å²) in [6.45, 7) is 9.60. The van der Waals surface area contributed by atoms with Crippen LogP contribution in [0, 0.1) is 0 Å². The number of halogens is 3. The third kappa shape index (κ3) is 10.3. The number of ether oxygens (including phenoxy) is 1. The van der Waals surface area contributed by atoms with E-state index in [4.69, 9.17) is 4.74 Å². The lowest BCUT2D eigenvalue weighted by Crippen LogP contribution is -2.46. The first-order valence-corrected chi connectivity index (χ1v) is 8.61. The van der Waals surface area contributed by atoms with Crippen molar-refractivity contribution in [1.29, 1.82) is 0 Å². The Labute approximate surface area is 180 Å². The molecule has 1 saturated heterocycles. The van der Waals surface area contributed by atoms with Crippen molar-refractivity contribution < 1.29 is 9.53 Å². The molecular weight excluding hydrogens is 413 g/mol. The average molecular weight is 445 g/mol. The maximum atomic E-state index is 11.7. The molecule has 1 fully saturated rings. The lowest BCUT2D eigenvalue weighted by atomic mass is 10.2. The number of carbonyl (C=O) groups excluding carboxylic acids is 1. The molecule has 2 N–H and O–H groups in total. The fraction of sp³-hybridized carbons (Fsp3) is 0.647. The third-order valence-corrected chi connectivity index (χ3v) is 4.21. The Bertz CT molecular complexity index is 500. The normalized spacial score (nSPS) is 13.8. The molecule has 0 atom stereocenters. The van der Waals surface area contributed by atoms with Crippen molar-refractivity contribution >= 4 is 48.9 Å². The maximum absolute atomic E-state index is 11.7. The van der Waals surface area contributed by atoms with E-state index >= 15 is 0 Å². The fourth-order valence-electron chi connectivity index (χ4n) is 2.64. The number of nitrogens with zero attached hydrogens (tertiary/aromatic N) is 3. The van der Waals surface area contributed by atoms with Crippen molar-refractivity contribution in [2.45, 2.75) is 13.5 Å². The number of piperazine rings is 1. The van der Waals surface area contributed by atoms with Gasteiger partial charge < -0.3 is 25.2 Å². The van der Waals surface area contributed by atoms with E-state index in [0.29, 0.717) is 26.2 Å². The highest BCUT2D eigenvalue weighted by atomic mass is 35.5. The molecule has 10 heteroatoms. The second-order valence-corrected chi connectivity index (χ2v) is 5.89. The molecule has 2 rings (SSSR count). The Kier molecular flexibility index (Phi) is 17.0. The van der Waals surface area contributed by atoms with Crippen LogP contribution in [0.25, 0.3) is 0 Å². The number of rotatable bonds is 9. The van der Waals surface area contributed by atoms with Crippen molar-refractivity contribution in [1.82, 2.24) is 20.5 Å². The van der Waals surface area contributed by atoms with Crippen molar-refractivity contribution in [3.63, 3.8) is 0 Å². The molecule has 1 aromatic rings. The van der Waals surface area contributed by atoms with Gasteiger partial charge in [-0.05, 0) is 18.2 Å².